The number of carbonyl (C=O) groups excluding carboxylic acids is 2. The van der Waals surface area contributed by atoms with Gasteiger partial charge in [0.2, 0.25) is 5.78 Å². The van der Waals surface area contributed by atoms with Gasteiger partial charge in [-0.15, -0.1) is 0 Å². The van der Waals surface area contributed by atoms with Crippen LogP contribution in [-0.4, -0.2) is 11.8 Å². The molecule has 26 heavy (non-hydrogen) atoms. The highest BCUT2D eigenvalue weighted by Gasteiger charge is 2.29. The number of hydrogen-bond donors (Lipinski definition) is 0. The maximum absolute atomic E-state index is 14.5. The quantitative estimate of drug-likeness (QED) is 0.486. The average molecular weight is 348 g/mol. The number of hydrogen-bond acceptors (Lipinski definition) is 3. The van der Waals surface area contributed by atoms with E-state index in [0.29, 0.717) is 16.7 Å². The molecule has 0 fully saturated rings. The third kappa shape index (κ3) is 3.86. The smallest absolute Gasteiger partial charge is 0.339 e. The molecule has 0 spiro atoms. The Labute approximate surface area is 151 Å². The fourth-order valence-electron chi connectivity index (χ4n) is 2.61. The molecule has 0 aromatic heterocycles. The van der Waals surface area contributed by atoms with E-state index < -0.39 is 23.7 Å². The number of carbonyl (C=O) groups is 2. The molecule has 3 aromatic carbocycles. The van der Waals surface area contributed by atoms with Crippen LogP contribution in [0.25, 0.3) is 0 Å². The van der Waals surface area contributed by atoms with Crippen molar-refractivity contribution in [3.63, 3.8) is 0 Å². The molecule has 3 nitrogen and oxygen atoms in total. The van der Waals surface area contributed by atoms with Crippen molar-refractivity contribution in [2.24, 2.45) is 0 Å². The van der Waals surface area contributed by atoms with Crippen LogP contribution in [0.15, 0.2) is 78.9 Å². The Morgan fingerprint density at radius 2 is 1.42 bits per heavy atom. The van der Waals surface area contributed by atoms with Gasteiger partial charge in [0.05, 0.1) is 5.56 Å². The summed E-state index contributed by atoms with van der Waals surface area (Å²) in [5, 5.41) is 0. The number of aryl methyl sites for hydroxylation is 1. The lowest BCUT2D eigenvalue weighted by Crippen LogP contribution is -2.21. The molecular formula is C22H17FO3. The van der Waals surface area contributed by atoms with Crippen molar-refractivity contribution < 1.29 is 18.7 Å². The van der Waals surface area contributed by atoms with Gasteiger partial charge in [0, 0.05) is 11.1 Å². The van der Waals surface area contributed by atoms with Crippen molar-refractivity contribution in [2.75, 3.05) is 0 Å². The predicted octanol–water partition coefficient (Wildman–Crippen LogP) is 4.92. The molecule has 0 bridgehead atoms. The van der Waals surface area contributed by atoms with E-state index in [-0.39, 0.29) is 5.56 Å². The van der Waals surface area contributed by atoms with Gasteiger partial charge in [-0.05, 0) is 30.7 Å². The van der Waals surface area contributed by atoms with Crippen LogP contribution in [0.3, 0.4) is 0 Å². The van der Waals surface area contributed by atoms with Gasteiger partial charge in [-0.25, -0.2) is 9.18 Å². The summed E-state index contributed by atoms with van der Waals surface area (Å²) >= 11 is 0. The molecule has 0 radical (unpaired) electrons. The molecule has 0 aliphatic heterocycles. The van der Waals surface area contributed by atoms with Gasteiger partial charge in [-0.1, -0.05) is 60.7 Å². The highest BCUT2D eigenvalue weighted by Crippen LogP contribution is 2.27. The highest BCUT2D eigenvalue weighted by molar-refractivity contribution is 6.02. The van der Waals surface area contributed by atoms with Crippen LogP contribution < -0.4 is 0 Å². The van der Waals surface area contributed by atoms with E-state index in [2.05, 4.69) is 0 Å². The Balaban J connectivity index is 1.99. The van der Waals surface area contributed by atoms with E-state index in [1.807, 2.05) is 0 Å². The summed E-state index contributed by atoms with van der Waals surface area (Å²) in [6, 6.07) is 21.2. The lowest BCUT2D eigenvalue weighted by atomic mass is 9.98. The van der Waals surface area contributed by atoms with Crippen molar-refractivity contribution in [3.05, 3.63) is 107 Å². The van der Waals surface area contributed by atoms with Gasteiger partial charge in [0.15, 0.2) is 6.10 Å². The molecule has 3 aromatic rings. The highest BCUT2D eigenvalue weighted by atomic mass is 19.1. The Bertz CT molecular complexity index is 921. The summed E-state index contributed by atoms with van der Waals surface area (Å²) in [5.41, 5.74) is 1.39. The van der Waals surface area contributed by atoms with E-state index in [9.17, 15) is 14.0 Å². The first-order valence-electron chi connectivity index (χ1n) is 8.17. The molecule has 3 rings (SSSR count). The maximum Gasteiger partial charge on any atom is 0.339 e. The summed E-state index contributed by atoms with van der Waals surface area (Å²) in [5.74, 6) is -1.74. The van der Waals surface area contributed by atoms with Crippen LogP contribution in [0, 0.1) is 12.7 Å². The van der Waals surface area contributed by atoms with Gasteiger partial charge in [-0.2, -0.15) is 0 Å². The van der Waals surface area contributed by atoms with Crippen LogP contribution in [0.2, 0.25) is 0 Å². The van der Waals surface area contributed by atoms with Crippen molar-refractivity contribution in [1.29, 1.82) is 0 Å². The third-order valence-corrected chi connectivity index (χ3v) is 3.97. The number of ketones is 1. The fraction of sp³-hybridized carbons (Fsp3) is 0.0909. The minimum absolute atomic E-state index is 0.0359. The topological polar surface area (TPSA) is 43.4 Å². The van der Waals surface area contributed by atoms with E-state index >= 15 is 0 Å². The lowest BCUT2D eigenvalue weighted by Gasteiger charge is -2.18. The minimum Gasteiger partial charge on any atom is -0.445 e. The number of ether oxygens (including phenoxy) is 1. The maximum atomic E-state index is 14.5. The zero-order chi connectivity index (χ0) is 18.5. The van der Waals surface area contributed by atoms with E-state index in [0.717, 1.165) is 0 Å². The summed E-state index contributed by atoms with van der Waals surface area (Å²) in [6.07, 6.45) is -1.36. The molecule has 0 aliphatic carbocycles. The number of esters is 1. The van der Waals surface area contributed by atoms with Gasteiger partial charge in [0.1, 0.15) is 5.82 Å². The van der Waals surface area contributed by atoms with E-state index in [1.54, 1.807) is 73.7 Å². The molecule has 0 N–H and O–H groups in total. The zero-order valence-corrected chi connectivity index (χ0v) is 14.2. The van der Waals surface area contributed by atoms with Crippen molar-refractivity contribution in [3.8, 4) is 0 Å². The summed E-state index contributed by atoms with van der Waals surface area (Å²) in [6.45, 7) is 1.75. The Hall–Kier alpha value is -3.27. The van der Waals surface area contributed by atoms with Crippen LogP contribution in [0.1, 0.15) is 37.9 Å². The second kappa shape index (κ2) is 7.74. The largest absolute Gasteiger partial charge is 0.445 e. The monoisotopic (exact) mass is 348 g/mol. The van der Waals surface area contributed by atoms with Gasteiger partial charge < -0.3 is 4.74 Å². The molecule has 1 atom stereocenters. The summed E-state index contributed by atoms with van der Waals surface area (Å²) in [7, 11) is 0. The van der Waals surface area contributed by atoms with Gasteiger partial charge in [-0.3, -0.25) is 4.79 Å². The SMILES string of the molecule is Cc1ccc(C(OC(=O)c2ccccc2)C(=O)c2ccccc2)c(F)c1. The minimum atomic E-state index is -1.36. The second-order valence-corrected chi connectivity index (χ2v) is 5.91. The zero-order valence-electron chi connectivity index (χ0n) is 14.2. The second-order valence-electron chi connectivity index (χ2n) is 5.91. The molecule has 0 saturated carbocycles. The fourth-order valence-corrected chi connectivity index (χ4v) is 2.61. The number of benzene rings is 3. The van der Waals surface area contributed by atoms with Gasteiger partial charge in [0.25, 0.3) is 0 Å². The Kier molecular flexibility index (Phi) is 5.23. The molecule has 130 valence electrons. The van der Waals surface area contributed by atoms with Crippen molar-refractivity contribution >= 4 is 11.8 Å². The van der Waals surface area contributed by atoms with Crippen LogP contribution >= 0.6 is 0 Å². The number of Topliss-reactive ketones (excluding diaryl/α,β-unsaturated/α-hetero) is 1. The number of halogens is 1. The average Bonchev–Trinajstić information content (AvgIpc) is 2.67. The van der Waals surface area contributed by atoms with Gasteiger partial charge >= 0.3 is 5.97 Å². The summed E-state index contributed by atoms with van der Waals surface area (Å²) in [4.78, 5) is 25.4. The Morgan fingerprint density at radius 1 is 0.846 bits per heavy atom. The first-order valence-corrected chi connectivity index (χ1v) is 8.17. The third-order valence-electron chi connectivity index (χ3n) is 3.97. The van der Waals surface area contributed by atoms with Crippen molar-refractivity contribution in [2.45, 2.75) is 13.0 Å². The van der Waals surface area contributed by atoms with Crippen molar-refractivity contribution in [1.82, 2.24) is 0 Å². The van der Waals surface area contributed by atoms with Crippen LogP contribution in [0.4, 0.5) is 4.39 Å². The van der Waals surface area contributed by atoms with Crippen LogP contribution in [-0.2, 0) is 4.74 Å². The van der Waals surface area contributed by atoms with E-state index in [4.69, 9.17) is 4.74 Å². The molecule has 0 amide bonds. The standard InChI is InChI=1S/C22H17FO3/c1-15-12-13-18(19(23)14-15)21(20(24)16-8-4-2-5-9-16)26-22(25)17-10-6-3-7-11-17/h2-14,21H,1H3. The molecular weight excluding hydrogens is 331 g/mol. The molecule has 0 heterocycles. The molecule has 4 heteroatoms. The van der Waals surface area contributed by atoms with Crippen LogP contribution in [0.5, 0.6) is 0 Å². The number of rotatable bonds is 5. The summed E-state index contributed by atoms with van der Waals surface area (Å²) < 4.78 is 19.9. The predicted molar refractivity (Wildman–Crippen MR) is 96.5 cm³/mol. The van der Waals surface area contributed by atoms with E-state index in [1.165, 1.54) is 12.1 Å². The molecule has 1 unspecified atom stereocenters. The molecule has 0 aliphatic rings. The normalized spacial score (nSPS) is 11.6. The Morgan fingerprint density at radius 3 is 2.00 bits per heavy atom. The first kappa shape index (κ1) is 17.5. The lowest BCUT2D eigenvalue weighted by molar-refractivity contribution is 0.0273. The first-order chi connectivity index (χ1) is 12.6. The molecule has 0 saturated heterocycles.